The van der Waals surface area contributed by atoms with E-state index in [9.17, 15) is 8.42 Å². The first-order valence-electron chi connectivity index (χ1n) is 6.30. The van der Waals surface area contributed by atoms with Crippen molar-refractivity contribution >= 4 is 10.1 Å². The van der Waals surface area contributed by atoms with Gasteiger partial charge in [-0.25, -0.2) is 0 Å². The summed E-state index contributed by atoms with van der Waals surface area (Å²) in [4.78, 5) is 0. The molecule has 0 amide bonds. The van der Waals surface area contributed by atoms with Gasteiger partial charge in [0.25, 0.3) is 10.1 Å². The van der Waals surface area contributed by atoms with Crippen LogP contribution in [-0.4, -0.2) is 15.0 Å². The highest BCUT2D eigenvalue weighted by Crippen LogP contribution is 2.19. The highest BCUT2D eigenvalue weighted by Gasteiger charge is 2.15. The smallest absolute Gasteiger partial charge is 0.270 e. The van der Waals surface area contributed by atoms with Crippen molar-refractivity contribution in [1.82, 2.24) is 0 Å². The summed E-state index contributed by atoms with van der Waals surface area (Å²) in [7, 11) is -3.46. The van der Waals surface area contributed by atoms with E-state index in [1.807, 2.05) is 39.8 Å². The SMILES string of the molecule is CCCCOS(=O)(=O)Cc1ccc(C)c(C)c1C. The van der Waals surface area contributed by atoms with E-state index in [2.05, 4.69) is 0 Å². The average Bonchev–Trinajstić information content (AvgIpc) is 2.30. The van der Waals surface area contributed by atoms with Crippen LogP contribution in [0.25, 0.3) is 0 Å². The number of hydrogen-bond donors (Lipinski definition) is 0. The Bertz CT molecular complexity index is 504. The van der Waals surface area contributed by atoms with E-state index < -0.39 is 10.1 Å². The molecule has 0 spiro atoms. The van der Waals surface area contributed by atoms with Crippen LogP contribution < -0.4 is 0 Å². The quantitative estimate of drug-likeness (QED) is 0.588. The number of unbranched alkanes of at least 4 members (excludes halogenated alkanes) is 1. The van der Waals surface area contributed by atoms with Crippen molar-refractivity contribution < 1.29 is 12.6 Å². The fraction of sp³-hybridized carbons (Fsp3) is 0.571. The maximum Gasteiger partial charge on any atom is 0.271 e. The standard InChI is InChI=1S/C14H22O3S/c1-5-6-9-17-18(15,16)10-14-8-7-11(2)12(3)13(14)4/h7-8H,5-6,9-10H2,1-4H3. The summed E-state index contributed by atoms with van der Waals surface area (Å²) in [5.74, 6) is -0.0380. The molecule has 0 aliphatic heterocycles. The zero-order chi connectivity index (χ0) is 13.8. The molecule has 0 heterocycles. The fourth-order valence-corrected chi connectivity index (χ4v) is 2.88. The van der Waals surface area contributed by atoms with Gasteiger partial charge in [0.15, 0.2) is 0 Å². The average molecular weight is 270 g/mol. The van der Waals surface area contributed by atoms with Crippen molar-refractivity contribution in [3.8, 4) is 0 Å². The number of benzene rings is 1. The minimum absolute atomic E-state index is 0.0380. The molecule has 0 radical (unpaired) electrons. The van der Waals surface area contributed by atoms with Gasteiger partial charge in [0.1, 0.15) is 5.75 Å². The third kappa shape index (κ3) is 4.10. The van der Waals surface area contributed by atoms with E-state index in [-0.39, 0.29) is 12.4 Å². The molecule has 0 atom stereocenters. The van der Waals surface area contributed by atoms with Crippen molar-refractivity contribution in [1.29, 1.82) is 0 Å². The Morgan fingerprint density at radius 3 is 2.39 bits per heavy atom. The largest absolute Gasteiger partial charge is 0.271 e. The molecule has 1 aromatic rings. The number of rotatable bonds is 6. The van der Waals surface area contributed by atoms with Crippen LogP contribution in [0.2, 0.25) is 0 Å². The molecule has 18 heavy (non-hydrogen) atoms. The van der Waals surface area contributed by atoms with Gasteiger partial charge in [-0.05, 0) is 49.4 Å². The maximum atomic E-state index is 11.8. The molecule has 0 aromatic heterocycles. The molecule has 3 nitrogen and oxygen atoms in total. The molecule has 0 bridgehead atoms. The summed E-state index contributed by atoms with van der Waals surface area (Å²) in [6.07, 6.45) is 1.70. The summed E-state index contributed by atoms with van der Waals surface area (Å²) >= 11 is 0. The monoisotopic (exact) mass is 270 g/mol. The topological polar surface area (TPSA) is 43.4 Å². The second-order valence-electron chi connectivity index (χ2n) is 4.67. The van der Waals surface area contributed by atoms with E-state index >= 15 is 0 Å². The summed E-state index contributed by atoms with van der Waals surface area (Å²) in [6.45, 7) is 8.28. The molecular formula is C14H22O3S. The zero-order valence-electron chi connectivity index (χ0n) is 11.6. The molecule has 1 rings (SSSR count). The Balaban J connectivity index is 2.82. The van der Waals surface area contributed by atoms with Gasteiger partial charge in [-0.2, -0.15) is 8.42 Å². The molecule has 0 N–H and O–H groups in total. The lowest BCUT2D eigenvalue weighted by Crippen LogP contribution is -2.11. The molecular weight excluding hydrogens is 248 g/mol. The zero-order valence-corrected chi connectivity index (χ0v) is 12.4. The van der Waals surface area contributed by atoms with Crippen molar-refractivity contribution in [2.75, 3.05) is 6.61 Å². The third-order valence-electron chi connectivity index (χ3n) is 3.26. The molecule has 0 aliphatic rings. The van der Waals surface area contributed by atoms with Gasteiger partial charge in [-0.3, -0.25) is 4.18 Å². The Morgan fingerprint density at radius 1 is 1.11 bits per heavy atom. The number of aryl methyl sites for hydroxylation is 1. The normalized spacial score (nSPS) is 11.8. The second kappa shape index (κ2) is 6.34. The van der Waals surface area contributed by atoms with E-state index in [0.717, 1.165) is 29.5 Å². The molecule has 102 valence electrons. The lowest BCUT2D eigenvalue weighted by molar-refractivity contribution is 0.310. The summed E-state index contributed by atoms with van der Waals surface area (Å²) in [5.41, 5.74) is 4.20. The third-order valence-corrected chi connectivity index (χ3v) is 4.45. The molecule has 1 aromatic carbocycles. The first-order valence-corrected chi connectivity index (χ1v) is 7.88. The highest BCUT2D eigenvalue weighted by atomic mass is 32.2. The summed E-state index contributed by atoms with van der Waals surface area (Å²) in [6, 6.07) is 3.83. The van der Waals surface area contributed by atoms with Gasteiger partial charge in [0, 0.05) is 0 Å². The molecule has 0 fully saturated rings. The highest BCUT2D eigenvalue weighted by molar-refractivity contribution is 7.85. The van der Waals surface area contributed by atoms with Crippen LogP contribution in [0, 0.1) is 20.8 Å². The van der Waals surface area contributed by atoms with Gasteiger partial charge in [-0.1, -0.05) is 25.5 Å². The van der Waals surface area contributed by atoms with Gasteiger partial charge < -0.3 is 0 Å². The Morgan fingerprint density at radius 2 is 1.78 bits per heavy atom. The lowest BCUT2D eigenvalue weighted by Gasteiger charge is -2.11. The van der Waals surface area contributed by atoms with Crippen molar-refractivity contribution in [3.63, 3.8) is 0 Å². The minimum Gasteiger partial charge on any atom is -0.270 e. The van der Waals surface area contributed by atoms with Crippen LogP contribution in [0.3, 0.4) is 0 Å². The Labute approximate surface area is 110 Å². The first kappa shape index (κ1) is 15.2. The van der Waals surface area contributed by atoms with E-state index in [0.29, 0.717) is 0 Å². The predicted octanol–water partition coefficient (Wildman–Crippen LogP) is 3.26. The molecule has 0 aliphatic carbocycles. The van der Waals surface area contributed by atoms with Crippen molar-refractivity contribution in [3.05, 3.63) is 34.4 Å². The van der Waals surface area contributed by atoms with Crippen LogP contribution in [0.4, 0.5) is 0 Å². The van der Waals surface area contributed by atoms with Crippen LogP contribution >= 0.6 is 0 Å². The number of hydrogen-bond acceptors (Lipinski definition) is 3. The predicted molar refractivity (Wildman–Crippen MR) is 74.1 cm³/mol. The van der Waals surface area contributed by atoms with Crippen molar-refractivity contribution in [2.24, 2.45) is 0 Å². The van der Waals surface area contributed by atoms with Crippen LogP contribution in [-0.2, 0) is 20.1 Å². The fourth-order valence-electron chi connectivity index (χ4n) is 1.73. The van der Waals surface area contributed by atoms with Gasteiger partial charge in [0.2, 0.25) is 0 Å². The minimum atomic E-state index is -3.46. The van der Waals surface area contributed by atoms with Gasteiger partial charge >= 0.3 is 0 Å². The Kier molecular flexibility index (Phi) is 5.35. The molecule has 4 heteroatoms. The van der Waals surface area contributed by atoms with E-state index in [4.69, 9.17) is 4.18 Å². The Hall–Kier alpha value is -0.870. The van der Waals surface area contributed by atoms with Crippen molar-refractivity contribution in [2.45, 2.75) is 46.3 Å². The lowest BCUT2D eigenvalue weighted by atomic mass is 10.00. The van der Waals surface area contributed by atoms with Crippen LogP contribution in [0.5, 0.6) is 0 Å². The van der Waals surface area contributed by atoms with E-state index in [1.54, 1.807) is 0 Å². The molecule has 0 saturated carbocycles. The van der Waals surface area contributed by atoms with Crippen LogP contribution in [0.1, 0.15) is 42.0 Å². The molecule has 0 unspecified atom stereocenters. The summed E-state index contributed by atoms with van der Waals surface area (Å²) < 4.78 is 28.6. The maximum absolute atomic E-state index is 11.8. The summed E-state index contributed by atoms with van der Waals surface area (Å²) in [5, 5.41) is 0. The van der Waals surface area contributed by atoms with Crippen LogP contribution in [0.15, 0.2) is 12.1 Å². The molecule has 0 saturated heterocycles. The van der Waals surface area contributed by atoms with Gasteiger partial charge in [0.05, 0.1) is 6.61 Å². The van der Waals surface area contributed by atoms with Gasteiger partial charge in [-0.15, -0.1) is 0 Å². The van der Waals surface area contributed by atoms with E-state index in [1.165, 1.54) is 5.56 Å². The first-order chi connectivity index (χ1) is 8.37. The second-order valence-corrected chi connectivity index (χ2v) is 6.31.